The molecule has 1 fully saturated rings. The fourth-order valence-electron chi connectivity index (χ4n) is 2.84. The fourth-order valence-corrected chi connectivity index (χ4v) is 2.84. The van der Waals surface area contributed by atoms with Crippen LogP contribution in [0.4, 0.5) is 0 Å². The van der Waals surface area contributed by atoms with Crippen molar-refractivity contribution in [2.24, 2.45) is 5.92 Å². The molecule has 1 heteroatoms. The third-order valence-corrected chi connectivity index (χ3v) is 4.19. The van der Waals surface area contributed by atoms with E-state index in [9.17, 15) is 0 Å². The molecule has 1 aromatic carbocycles. The zero-order chi connectivity index (χ0) is 13.5. The largest absolute Gasteiger partial charge is 0.369 e. The molecule has 1 aliphatic rings. The van der Waals surface area contributed by atoms with Crippen LogP contribution in [0.1, 0.15) is 51.0 Å². The summed E-state index contributed by atoms with van der Waals surface area (Å²) in [6.45, 7) is 7.06. The van der Waals surface area contributed by atoms with Crippen molar-refractivity contribution in [3.63, 3.8) is 0 Å². The van der Waals surface area contributed by atoms with E-state index in [0.717, 1.165) is 12.3 Å². The lowest BCUT2D eigenvalue weighted by Gasteiger charge is -2.24. The van der Waals surface area contributed by atoms with Crippen molar-refractivity contribution in [3.05, 3.63) is 48.0 Å². The summed E-state index contributed by atoms with van der Waals surface area (Å²) in [5.74, 6) is 0.851. The van der Waals surface area contributed by atoms with E-state index in [1.54, 1.807) is 0 Å². The Bertz CT molecular complexity index is 376. The minimum absolute atomic E-state index is 0.169. The predicted octanol–water partition coefficient (Wildman–Crippen LogP) is 5.12. The smallest absolute Gasteiger partial charge is 0.0758 e. The molecule has 0 heterocycles. The van der Waals surface area contributed by atoms with Crippen molar-refractivity contribution < 1.29 is 4.74 Å². The van der Waals surface area contributed by atoms with E-state index in [1.807, 2.05) is 6.07 Å². The molecule has 2 rings (SSSR count). The topological polar surface area (TPSA) is 9.23 Å². The quantitative estimate of drug-likeness (QED) is 0.644. The summed E-state index contributed by atoms with van der Waals surface area (Å²) in [7, 11) is 0. The minimum Gasteiger partial charge on any atom is -0.369 e. The zero-order valence-corrected chi connectivity index (χ0v) is 12.1. The first kappa shape index (κ1) is 14.3. The molecule has 1 atom stereocenters. The summed E-state index contributed by atoms with van der Waals surface area (Å²) in [4.78, 5) is 0. The first-order valence-corrected chi connectivity index (χ1v) is 7.59. The number of rotatable bonds is 6. The van der Waals surface area contributed by atoms with Crippen LogP contribution in [0.5, 0.6) is 0 Å². The second-order valence-corrected chi connectivity index (χ2v) is 5.81. The van der Waals surface area contributed by atoms with Crippen molar-refractivity contribution in [3.8, 4) is 0 Å². The van der Waals surface area contributed by atoms with Gasteiger partial charge in [0.05, 0.1) is 12.7 Å². The lowest BCUT2D eigenvalue weighted by Crippen LogP contribution is -2.15. The Balaban J connectivity index is 1.72. The van der Waals surface area contributed by atoms with Gasteiger partial charge in [-0.2, -0.15) is 0 Å². The van der Waals surface area contributed by atoms with Crippen LogP contribution >= 0.6 is 0 Å². The molecule has 1 saturated carbocycles. The van der Waals surface area contributed by atoms with Crippen LogP contribution in [-0.2, 0) is 11.3 Å². The van der Waals surface area contributed by atoms with Crippen LogP contribution in [0.25, 0.3) is 0 Å². The average Bonchev–Trinajstić information content (AvgIpc) is 2.47. The van der Waals surface area contributed by atoms with Crippen molar-refractivity contribution >= 4 is 0 Å². The predicted molar refractivity (Wildman–Crippen MR) is 81.0 cm³/mol. The summed E-state index contributed by atoms with van der Waals surface area (Å²) < 4.78 is 5.93. The summed E-state index contributed by atoms with van der Waals surface area (Å²) in [6.07, 6.45) is 8.30. The first-order chi connectivity index (χ1) is 9.25. The Labute approximate surface area is 117 Å². The first-order valence-electron chi connectivity index (χ1n) is 7.59. The van der Waals surface area contributed by atoms with Crippen molar-refractivity contribution in [2.45, 2.75) is 58.2 Å². The maximum absolute atomic E-state index is 5.93. The molecule has 0 radical (unpaired) electrons. The Hall–Kier alpha value is -1.08. The lowest BCUT2D eigenvalue weighted by molar-refractivity contribution is 0.0724. The molecular weight excluding hydrogens is 232 g/mol. The molecule has 0 aliphatic heterocycles. The van der Waals surface area contributed by atoms with Gasteiger partial charge in [0.15, 0.2) is 0 Å². The van der Waals surface area contributed by atoms with Crippen LogP contribution in [0, 0.1) is 5.92 Å². The summed E-state index contributed by atoms with van der Waals surface area (Å²) in [5, 5.41) is 0. The van der Waals surface area contributed by atoms with Gasteiger partial charge in [0, 0.05) is 0 Å². The Morgan fingerprint density at radius 3 is 2.58 bits per heavy atom. The number of hydrogen-bond acceptors (Lipinski definition) is 1. The van der Waals surface area contributed by atoms with Crippen LogP contribution in [0.15, 0.2) is 42.5 Å². The van der Waals surface area contributed by atoms with E-state index in [0.29, 0.717) is 6.61 Å². The normalized spacial score (nSPS) is 18.2. The molecule has 0 bridgehead atoms. The van der Waals surface area contributed by atoms with Gasteiger partial charge in [0.25, 0.3) is 0 Å². The van der Waals surface area contributed by atoms with Crippen LogP contribution < -0.4 is 0 Å². The highest BCUT2D eigenvalue weighted by atomic mass is 16.5. The van der Waals surface area contributed by atoms with Gasteiger partial charge in [-0.15, -0.1) is 0 Å². The van der Waals surface area contributed by atoms with Gasteiger partial charge in [0.2, 0.25) is 0 Å². The van der Waals surface area contributed by atoms with Crippen molar-refractivity contribution in [1.29, 1.82) is 0 Å². The highest BCUT2D eigenvalue weighted by Crippen LogP contribution is 2.29. The van der Waals surface area contributed by atoms with E-state index in [-0.39, 0.29) is 6.10 Å². The Kier molecular flexibility index (Phi) is 5.65. The SMILES string of the molecule is C=C(CC1CCCCC1)C(C)OCc1ccccc1. The monoisotopic (exact) mass is 258 g/mol. The summed E-state index contributed by atoms with van der Waals surface area (Å²) >= 11 is 0. The molecule has 1 nitrogen and oxygen atoms in total. The van der Waals surface area contributed by atoms with E-state index in [1.165, 1.54) is 43.2 Å². The highest BCUT2D eigenvalue weighted by molar-refractivity contribution is 5.13. The van der Waals surface area contributed by atoms with Gasteiger partial charge >= 0.3 is 0 Å². The zero-order valence-electron chi connectivity index (χ0n) is 12.1. The van der Waals surface area contributed by atoms with Gasteiger partial charge in [-0.25, -0.2) is 0 Å². The van der Waals surface area contributed by atoms with Gasteiger partial charge in [-0.1, -0.05) is 69.0 Å². The Morgan fingerprint density at radius 1 is 1.21 bits per heavy atom. The number of hydrogen-bond donors (Lipinski definition) is 0. The molecule has 1 aromatic rings. The lowest BCUT2D eigenvalue weighted by atomic mass is 9.84. The summed E-state index contributed by atoms with van der Waals surface area (Å²) in [5.41, 5.74) is 2.50. The average molecular weight is 258 g/mol. The maximum Gasteiger partial charge on any atom is 0.0758 e. The summed E-state index contributed by atoms with van der Waals surface area (Å²) in [6, 6.07) is 10.4. The third kappa shape index (κ3) is 4.83. The molecule has 0 N–H and O–H groups in total. The van der Waals surface area contributed by atoms with Gasteiger partial charge < -0.3 is 4.74 Å². The van der Waals surface area contributed by atoms with Crippen LogP contribution in [0.2, 0.25) is 0 Å². The standard InChI is InChI=1S/C18H26O/c1-15(13-17-9-5-3-6-10-17)16(2)19-14-18-11-7-4-8-12-18/h4,7-8,11-12,16-17H,1,3,5-6,9-10,13-14H2,2H3. The number of benzene rings is 1. The maximum atomic E-state index is 5.93. The molecule has 104 valence electrons. The van der Waals surface area contributed by atoms with Crippen molar-refractivity contribution in [1.82, 2.24) is 0 Å². The minimum atomic E-state index is 0.169. The number of ether oxygens (including phenoxy) is 1. The second-order valence-electron chi connectivity index (χ2n) is 5.81. The molecule has 0 saturated heterocycles. The fraction of sp³-hybridized carbons (Fsp3) is 0.556. The van der Waals surface area contributed by atoms with Gasteiger partial charge in [0.1, 0.15) is 0 Å². The molecule has 19 heavy (non-hydrogen) atoms. The molecule has 0 amide bonds. The third-order valence-electron chi connectivity index (χ3n) is 4.19. The Morgan fingerprint density at radius 2 is 1.89 bits per heavy atom. The van der Waals surface area contributed by atoms with Crippen LogP contribution in [-0.4, -0.2) is 6.10 Å². The van der Waals surface area contributed by atoms with Crippen molar-refractivity contribution in [2.75, 3.05) is 0 Å². The van der Waals surface area contributed by atoms with E-state index in [2.05, 4.69) is 37.8 Å². The van der Waals surface area contributed by atoms with E-state index in [4.69, 9.17) is 4.74 Å². The van der Waals surface area contributed by atoms with Gasteiger partial charge in [-0.05, 0) is 30.4 Å². The van der Waals surface area contributed by atoms with Crippen LogP contribution in [0.3, 0.4) is 0 Å². The molecule has 1 aliphatic carbocycles. The molecule has 0 spiro atoms. The molecular formula is C18H26O. The van der Waals surface area contributed by atoms with Gasteiger partial charge in [-0.3, -0.25) is 0 Å². The second kappa shape index (κ2) is 7.49. The molecule has 1 unspecified atom stereocenters. The molecule has 0 aromatic heterocycles. The van der Waals surface area contributed by atoms with E-state index >= 15 is 0 Å². The highest BCUT2D eigenvalue weighted by Gasteiger charge is 2.17. The van der Waals surface area contributed by atoms with E-state index < -0.39 is 0 Å².